The van der Waals surface area contributed by atoms with Crippen LogP contribution in [-0.2, 0) is 10.1 Å². The second-order valence-electron chi connectivity index (χ2n) is 8.26. The molecule has 0 radical (unpaired) electrons. The summed E-state index contributed by atoms with van der Waals surface area (Å²) in [6.07, 6.45) is 23.0. The zero-order chi connectivity index (χ0) is 20.2. The van der Waals surface area contributed by atoms with Crippen LogP contribution in [0.15, 0.2) is 0 Å². The molecule has 0 saturated carbocycles. The molecule has 0 fully saturated rings. The van der Waals surface area contributed by atoms with Crippen LogP contribution in [0.4, 0.5) is 0 Å². The molecule has 1 N–H and O–H groups in total. The second kappa shape index (κ2) is 23.2. The Morgan fingerprint density at radius 2 is 0.857 bits per heavy atom. The van der Waals surface area contributed by atoms with Gasteiger partial charge in [-0.1, -0.05) is 109 Å². The van der Waals surface area contributed by atoms with Gasteiger partial charge in [-0.15, -0.1) is 0 Å². The van der Waals surface area contributed by atoms with E-state index in [1.807, 2.05) is 6.92 Å². The molecule has 0 spiro atoms. The molecule has 0 aliphatic rings. The quantitative estimate of drug-likeness (QED) is 0.167. The van der Waals surface area contributed by atoms with Gasteiger partial charge in [0.1, 0.15) is 0 Å². The normalized spacial score (nSPS) is 12.7. The molecule has 164 valence electrons. The fourth-order valence-corrected chi connectivity index (χ4v) is 4.10. The van der Waals surface area contributed by atoms with Crippen molar-refractivity contribution in [2.45, 2.75) is 135 Å². The van der Waals surface area contributed by atoms with Crippen molar-refractivity contribution in [2.24, 2.45) is 0 Å². The molecule has 0 bridgehead atoms. The monoisotopic (exact) mass is 444 g/mol. The van der Waals surface area contributed by atoms with Gasteiger partial charge < -0.3 is 9.66 Å². The smallest absolute Gasteiger partial charge is 0.748 e. The third-order valence-corrected chi connectivity index (χ3v) is 6.05. The molecule has 4 nitrogen and oxygen atoms in total. The van der Waals surface area contributed by atoms with Crippen LogP contribution < -0.4 is 51.4 Å². The van der Waals surface area contributed by atoms with Crippen LogP contribution >= 0.6 is 0 Å². The van der Waals surface area contributed by atoms with Crippen molar-refractivity contribution >= 4 is 10.1 Å². The van der Waals surface area contributed by atoms with Crippen LogP contribution in [0.5, 0.6) is 0 Å². The molecule has 0 heterocycles. The first-order valence-electron chi connectivity index (χ1n) is 11.5. The molecular formula is C22H45KO4S. The van der Waals surface area contributed by atoms with Crippen LogP contribution in [0.2, 0.25) is 0 Å². The summed E-state index contributed by atoms with van der Waals surface area (Å²) in [7, 11) is -4.01. The van der Waals surface area contributed by atoms with E-state index in [4.69, 9.17) is 0 Å². The van der Waals surface area contributed by atoms with Crippen LogP contribution in [0, 0.1) is 0 Å². The zero-order valence-corrected chi connectivity index (χ0v) is 22.7. The number of rotatable bonds is 21. The summed E-state index contributed by atoms with van der Waals surface area (Å²) in [4.78, 5) is 0. The van der Waals surface area contributed by atoms with Gasteiger partial charge in [-0.25, -0.2) is 8.42 Å². The molecule has 28 heavy (non-hydrogen) atoms. The maximum atomic E-state index is 10.5. The van der Waals surface area contributed by atoms with Crippen LogP contribution in [0.1, 0.15) is 129 Å². The summed E-state index contributed by atoms with van der Waals surface area (Å²) < 4.78 is 31.4. The Hall–Kier alpha value is 1.51. The van der Waals surface area contributed by atoms with E-state index in [0.29, 0.717) is 6.42 Å². The summed E-state index contributed by atoms with van der Waals surface area (Å²) in [5, 5.41) is 9.19. The number of hydrogen-bond donors (Lipinski definition) is 1. The summed E-state index contributed by atoms with van der Waals surface area (Å²) >= 11 is 0. The molecule has 0 aromatic carbocycles. The fourth-order valence-electron chi connectivity index (χ4n) is 3.55. The first-order valence-corrected chi connectivity index (χ1v) is 13.1. The minimum Gasteiger partial charge on any atom is -0.748 e. The Morgan fingerprint density at radius 3 is 1.11 bits per heavy atom. The topological polar surface area (TPSA) is 77.4 Å². The van der Waals surface area contributed by atoms with Crippen molar-refractivity contribution in [3.8, 4) is 0 Å². The number of unbranched alkanes of at least 4 members (excludes halogenated alkanes) is 17. The third-order valence-electron chi connectivity index (χ3n) is 5.27. The Balaban J connectivity index is 0. The predicted molar refractivity (Wildman–Crippen MR) is 114 cm³/mol. The van der Waals surface area contributed by atoms with E-state index >= 15 is 0 Å². The van der Waals surface area contributed by atoms with E-state index in [2.05, 4.69) is 0 Å². The Morgan fingerprint density at radius 1 is 0.607 bits per heavy atom. The zero-order valence-electron chi connectivity index (χ0n) is 18.8. The molecule has 0 aromatic rings. The van der Waals surface area contributed by atoms with Gasteiger partial charge in [0.2, 0.25) is 0 Å². The number of hydrogen-bond acceptors (Lipinski definition) is 4. The average molecular weight is 445 g/mol. The summed E-state index contributed by atoms with van der Waals surface area (Å²) in [6.45, 7) is 1.87. The third kappa shape index (κ3) is 29.7. The SMILES string of the molecule is CC(O)CCCCCCCCCCCCCCCCCCCCS(=O)(=O)[O-].[K+]. The predicted octanol–water partition coefficient (Wildman–Crippen LogP) is 3.33. The van der Waals surface area contributed by atoms with E-state index in [-0.39, 0.29) is 63.2 Å². The Kier molecular flexibility index (Phi) is 26.2. The molecule has 0 saturated heterocycles. The second-order valence-corrected chi connectivity index (χ2v) is 9.79. The molecular weight excluding hydrogens is 399 g/mol. The van der Waals surface area contributed by atoms with Gasteiger partial charge in [-0.2, -0.15) is 0 Å². The summed E-state index contributed by atoms with van der Waals surface area (Å²) in [5.74, 6) is -0.197. The van der Waals surface area contributed by atoms with E-state index in [1.54, 1.807) is 0 Å². The average Bonchev–Trinajstić information content (AvgIpc) is 2.58. The molecule has 1 unspecified atom stereocenters. The largest absolute Gasteiger partial charge is 1.00 e. The van der Waals surface area contributed by atoms with Gasteiger partial charge in [0.25, 0.3) is 0 Å². The van der Waals surface area contributed by atoms with Crippen molar-refractivity contribution in [1.29, 1.82) is 0 Å². The van der Waals surface area contributed by atoms with E-state index in [1.165, 1.54) is 89.9 Å². The standard InChI is InChI=1S/C22H46O4S.K/c1-22(23)20-18-16-14-12-10-8-6-4-2-3-5-7-9-11-13-15-17-19-21-27(24,25)26;/h22-23H,2-21H2,1H3,(H,24,25,26);/q;+1/p-1. The van der Waals surface area contributed by atoms with Gasteiger partial charge in [0.05, 0.1) is 16.2 Å². The fraction of sp³-hybridized carbons (Fsp3) is 1.00. The van der Waals surface area contributed by atoms with Gasteiger partial charge in [0.15, 0.2) is 0 Å². The molecule has 0 rings (SSSR count). The van der Waals surface area contributed by atoms with Crippen LogP contribution in [0.3, 0.4) is 0 Å². The van der Waals surface area contributed by atoms with Crippen molar-refractivity contribution < 1.29 is 69.5 Å². The number of aliphatic hydroxyl groups is 1. The summed E-state index contributed by atoms with van der Waals surface area (Å²) in [6, 6.07) is 0. The van der Waals surface area contributed by atoms with Gasteiger partial charge in [-0.3, -0.25) is 0 Å². The molecule has 6 heteroatoms. The van der Waals surface area contributed by atoms with Crippen molar-refractivity contribution in [2.75, 3.05) is 5.75 Å². The van der Waals surface area contributed by atoms with E-state index in [0.717, 1.165) is 25.7 Å². The minimum absolute atomic E-state index is 0. The van der Waals surface area contributed by atoms with E-state index in [9.17, 15) is 18.1 Å². The van der Waals surface area contributed by atoms with Gasteiger partial charge in [0, 0.05) is 5.75 Å². The number of aliphatic hydroxyl groups excluding tert-OH is 1. The molecule has 0 amide bonds. The molecule has 0 aliphatic carbocycles. The maximum Gasteiger partial charge on any atom is 1.00 e. The Labute approximate surface area is 218 Å². The van der Waals surface area contributed by atoms with E-state index < -0.39 is 10.1 Å². The van der Waals surface area contributed by atoms with Crippen molar-refractivity contribution in [1.82, 2.24) is 0 Å². The molecule has 0 aliphatic heterocycles. The van der Waals surface area contributed by atoms with Crippen LogP contribution in [-0.4, -0.2) is 29.9 Å². The molecule has 1 atom stereocenters. The molecule has 0 aromatic heterocycles. The first-order chi connectivity index (χ1) is 12.9. The van der Waals surface area contributed by atoms with Crippen molar-refractivity contribution in [3.63, 3.8) is 0 Å². The van der Waals surface area contributed by atoms with Gasteiger partial charge in [-0.05, 0) is 19.8 Å². The summed E-state index contributed by atoms with van der Waals surface area (Å²) in [5.41, 5.74) is 0. The minimum atomic E-state index is -4.01. The Bertz CT molecular complexity index is 399. The maximum absolute atomic E-state index is 10.5. The first kappa shape index (κ1) is 31.7. The van der Waals surface area contributed by atoms with Crippen LogP contribution in [0.25, 0.3) is 0 Å². The van der Waals surface area contributed by atoms with Crippen molar-refractivity contribution in [3.05, 3.63) is 0 Å². The van der Waals surface area contributed by atoms with Gasteiger partial charge >= 0.3 is 51.4 Å².